The molecule has 0 N–H and O–H groups in total. The lowest BCUT2D eigenvalue weighted by Gasteiger charge is -2.22. The van der Waals surface area contributed by atoms with Gasteiger partial charge in [-0.25, -0.2) is 0 Å². The molecule has 2 aromatic heterocycles. The molecule has 4 rings (SSSR count). The zero-order chi connectivity index (χ0) is 19.3. The maximum atomic E-state index is 4.61. The first-order valence-corrected chi connectivity index (χ1v) is 9.73. The van der Waals surface area contributed by atoms with Gasteiger partial charge in [0.1, 0.15) is 0 Å². The maximum Gasteiger partial charge on any atom is 0.0622 e. The third kappa shape index (κ3) is 4.19. The van der Waals surface area contributed by atoms with Gasteiger partial charge in [0.25, 0.3) is 0 Å². The van der Waals surface area contributed by atoms with Gasteiger partial charge in [-0.05, 0) is 37.0 Å². The molecule has 4 heteroatoms. The van der Waals surface area contributed by atoms with Crippen LogP contribution in [0.4, 0.5) is 0 Å². The summed E-state index contributed by atoms with van der Waals surface area (Å²) < 4.78 is 0. The number of hydrogen-bond donors (Lipinski definition) is 0. The van der Waals surface area contributed by atoms with E-state index >= 15 is 0 Å². The van der Waals surface area contributed by atoms with E-state index in [9.17, 15) is 0 Å². The topological polar surface area (TPSA) is 32.3 Å². The fourth-order valence-corrected chi connectivity index (χ4v) is 3.63. The Morgan fingerprint density at radius 1 is 0.607 bits per heavy atom. The lowest BCUT2D eigenvalue weighted by atomic mass is 10.1. The molecule has 2 aromatic carbocycles. The van der Waals surface area contributed by atoms with Crippen molar-refractivity contribution >= 4 is 21.5 Å². The van der Waals surface area contributed by atoms with E-state index in [-0.39, 0.29) is 0 Å². The quantitative estimate of drug-likeness (QED) is 0.484. The Kier molecular flexibility index (Phi) is 5.60. The average Bonchev–Trinajstić information content (AvgIpc) is 2.73. The summed E-state index contributed by atoms with van der Waals surface area (Å²) in [7, 11) is 4.32. The van der Waals surface area contributed by atoms with Crippen molar-refractivity contribution < 1.29 is 0 Å². The third-order valence-electron chi connectivity index (χ3n) is 5.22. The van der Waals surface area contributed by atoms with Crippen LogP contribution in [0.1, 0.15) is 11.4 Å². The highest BCUT2D eigenvalue weighted by atomic mass is 15.2. The molecular weight excluding hydrogens is 344 g/mol. The molecule has 0 saturated heterocycles. The highest BCUT2D eigenvalue weighted by Gasteiger charge is 2.09. The van der Waals surface area contributed by atoms with Gasteiger partial charge in [0.05, 0.1) is 11.4 Å². The number of likely N-dealkylation sites (N-methyl/N-ethyl adjacent to an activating group) is 2. The first-order valence-electron chi connectivity index (χ1n) is 9.73. The standard InChI is InChI=1S/C24H26N4/c1-27(17-23-21-9-5-3-7-19(21)11-13-25-23)15-16-28(2)18-24-22-10-6-4-8-20(22)12-14-26-24/h3-14H,15-18H2,1-2H3. The van der Waals surface area contributed by atoms with Gasteiger partial charge < -0.3 is 0 Å². The Bertz CT molecular complexity index is 978. The average molecular weight is 371 g/mol. The van der Waals surface area contributed by atoms with Crippen molar-refractivity contribution in [3.8, 4) is 0 Å². The molecule has 0 fully saturated rings. The minimum Gasteiger partial charge on any atom is -0.299 e. The largest absolute Gasteiger partial charge is 0.299 e. The van der Waals surface area contributed by atoms with Crippen LogP contribution in [0.25, 0.3) is 21.5 Å². The first-order chi connectivity index (χ1) is 13.7. The number of rotatable bonds is 7. The normalized spacial score (nSPS) is 11.7. The van der Waals surface area contributed by atoms with Crippen LogP contribution in [0.3, 0.4) is 0 Å². The summed E-state index contributed by atoms with van der Waals surface area (Å²) in [6.07, 6.45) is 3.81. The fraction of sp³-hybridized carbons (Fsp3) is 0.250. The van der Waals surface area contributed by atoms with Crippen LogP contribution < -0.4 is 0 Å². The molecule has 0 amide bonds. The molecule has 0 radical (unpaired) electrons. The molecule has 0 aliphatic heterocycles. The molecule has 0 spiro atoms. The molecular formula is C24H26N4. The summed E-state index contributed by atoms with van der Waals surface area (Å²) in [5, 5.41) is 4.98. The molecule has 28 heavy (non-hydrogen) atoms. The number of aromatic nitrogens is 2. The van der Waals surface area contributed by atoms with Crippen LogP contribution in [0.2, 0.25) is 0 Å². The van der Waals surface area contributed by atoms with Gasteiger partial charge in [-0.2, -0.15) is 0 Å². The summed E-state index contributed by atoms with van der Waals surface area (Å²) in [5.74, 6) is 0. The maximum absolute atomic E-state index is 4.61. The lowest BCUT2D eigenvalue weighted by Crippen LogP contribution is -2.30. The van der Waals surface area contributed by atoms with E-state index in [0.717, 1.165) is 37.6 Å². The van der Waals surface area contributed by atoms with E-state index < -0.39 is 0 Å². The van der Waals surface area contributed by atoms with E-state index in [0.29, 0.717) is 0 Å². The summed E-state index contributed by atoms with van der Waals surface area (Å²) in [6, 6.07) is 21.1. The smallest absolute Gasteiger partial charge is 0.0622 e. The van der Waals surface area contributed by atoms with E-state index in [2.05, 4.69) is 94.5 Å². The molecule has 2 heterocycles. The molecule has 4 nitrogen and oxygen atoms in total. The van der Waals surface area contributed by atoms with E-state index in [4.69, 9.17) is 0 Å². The van der Waals surface area contributed by atoms with E-state index in [1.165, 1.54) is 21.5 Å². The van der Waals surface area contributed by atoms with E-state index in [1.807, 2.05) is 12.4 Å². The monoisotopic (exact) mass is 370 g/mol. The minimum atomic E-state index is 0.849. The predicted octanol–water partition coefficient (Wildman–Crippen LogP) is 4.35. The van der Waals surface area contributed by atoms with Crippen molar-refractivity contribution in [1.29, 1.82) is 0 Å². The number of fused-ring (bicyclic) bond motifs is 2. The van der Waals surface area contributed by atoms with Gasteiger partial charge in [0, 0.05) is 49.3 Å². The Hall–Kier alpha value is -2.82. The second-order valence-electron chi connectivity index (χ2n) is 7.43. The number of benzene rings is 2. The second kappa shape index (κ2) is 8.46. The molecule has 0 saturated carbocycles. The van der Waals surface area contributed by atoms with Gasteiger partial charge in [-0.1, -0.05) is 48.5 Å². The second-order valence-corrected chi connectivity index (χ2v) is 7.43. The highest BCUT2D eigenvalue weighted by Crippen LogP contribution is 2.18. The van der Waals surface area contributed by atoms with Crippen LogP contribution in [-0.2, 0) is 13.1 Å². The fourth-order valence-electron chi connectivity index (χ4n) is 3.63. The van der Waals surface area contributed by atoms with Crippen molar-refractivity contribution in [2.45, 2.75) is 13.1 Å². The Morgan fingerprint density at radius 3 is 1.50 bits per heavy atom. The zero-order valence-electron chi connectivity index (χ0n) is 16.5. The van der Waals surface area contributed by atoms with Crippen LogP contribution in [0.15, 0.2) is 73.1 Å². The molecule has 142 valence electrons. The molecule has 0 aliphatic rings. The van der Waals surface area contributed by atoms with Crippen molar-refractivity contribution in [3.05, 3.63) is 84.4 Å². The van der Waals surface area contributed by atoms with Gasteiger partial charge in [-0.15, -0.1) is 0 Å². The molecule has 4 aromatic rings. The van der Waals surface area contributed by atoms with Gasteiger partial charge in [0.15, 0.2) is 0 Å². The minimum absolute atomic E-state index is 0.849. The highest BCUT2D eigenvalue weighted by molar-refractivity contribution is 5.84. The van der Waals surface area contributed by atoms with Crippen molar-refractivity contribution in [3.63, 3.8) is 0 Å². The summed E-state index contributed by atoms with van der Waals surface area (Å²) >= 11 is 0. The summed E-state index contributed by atoms with van der Waals surface area (Å²) in [5.41, 5.74) is 2.28. The van der Waals surface area contributed by atoms with Crippen molar-refractivity contribution in [1.82, 2.24) is 19.8 Å². The first kappa shape index (κ1) is 18.5. The number of nitrogens with zero attached hydrogens (tertiary/aromatic N) is 4. The van der Waals surface area contributed by atoms with Crippen LogP contribution in [0, 0.1) is 0 Å². The van der Waals surface area contributed by atoms with Gasteiger partial charge >= 0.3 is 0 Å². The van der Waals surface area contributed by atoms with Crippen LogP contribution >= 0.6 is 0 Å². The Morgan fingerprint density at radius 2 is 1.04 bits per heavy atom. The van der Waals surface area contributed by atoms with Gasteiger partial charge in [0.2, 0.25) is 0 Å². The Balaban J connectivity index is 1.37. The molecule has 0 unspecified atom stereocenters. The third-order valence-corrected chi connectivity index (χ3v) is 5.22. The molecule has 0 aliphatic carbocycles. The Labute approximate surface area is 166 Å². The van der Waals surface area contributed by atoms with Gasteiger partial charge in [-0.3, -0.25) is 19.8 Å². The van der Waals surface area contributed by atoms with Crippen LogP contribution in [0.5, 0.6) is 0 Å². The van der Waals surface area contributed by atoms with Crippen molar-refractivity contribution in [2.24, 2.45) is 0 Å². The lowest BCUT2D eigenvalue weighted by molar-refractivity contribution is 0.245. The zero-order valence-corrected chi connectivity index (χ0v) is 16.5. The summed E-state index contributed by atoms with van der Waals surface area (Å²) in [6.45, 7) is 3.65. The summed E-state index contributed by atoms with van der Waals surface area (Å²) in [4.78, 5) is 13.9. The SMILES string of the molecule is CN(CCN(C)Cc1nccc2ccccc12)Cc1nccc2ccccc12. The van der Waals surface area contributed by atoms with Crippen molar-refractivity contribution in [2.75, 3.05) is 27.2 Å². The van der Waals surface area contributed by atoms with E-state index in [1.54, 1.807) is 0 Å². The number of hydrogen-bond acceptors (Lipinski definition) is 4. The molecule has 0 bridgehead atoms. The molecule has 0 atom stereocenters. The number of pyridine rings is 2. The predicted molar refractivity (Wildman–Crippen MR) is 116 cm³/mol. The van der Waals surface area contributed by atoms with Crippen LogP contribution in [-0.4, -0.2) is 47.0 Å².